The zero-order valence-corrected chi connectivity index (χ0v) is 21.6. The van der Waals surface area contributed by atoms with Crippen molar-refractivity contribution in [3.05, 3.63) is 77.9 Å². The van der Waals surface area contributed by atoms with Crippen LogP contribution in [-0.4, -0.2) is 73.7 Å². The Bertz CT molecular complexity index is 1160. The van der Waals surface area contributed by atoms with Crippen LogP contribution in [0.5, 0.6) is 11.5 Å². The Kier molecular flexibility index (Phi) is 9.46. The Labute approximate surface area is 218 Å². The van der Waals surface area contributed by atoms with Crippen LogP contribution in [-0.2, 0) is 17.8 Å². The Morgan fingerprint density at radius 2 is 1.89 bits per heavy atom. The van der Waals surface area contributed by atoms with Crippen molar-refractivity contribution < 1.29 is 18.7 Å². The smallest absolute Gasteiger partial charge is 0.226 e. The molecule has 8 heteroatoms. The number of halogens is 1. The van der Waals surface area contributed by atoms with Gasteiger partial charge in [0.2, 0.25) is 5.91 Å². The Balaban J connectivity index is 1.37. The molecule has 2 heterocycles. The minimum atomic E-state index is -0.319. The van der Waals surface area contributed by atoms with Crippen LogP contribution < -0.4 is 14.8 Å². The number of pyridine rings is 1. The van der Waals surface area contributed by atoms with E-state index in [1.807, 2.05) is 37.3 Å². The monoisotopic (exact) mass is 506 g/mol. The van der Waals surface area contributed by atoms with E-state index in [-0.39, 0.29) is 24.7 Å². The predicted molar refractivity (Wildman–Crippen MR) is 142 cm³/mol. The molecular formula is C29H35FN4O3. The molecule has 1 aliphatic heterocycles. The maximum Gasteiger partial charge on any atom is 0.226 e. The quantitative estimate of drug-likeness (QED) is 0.427. The normalized spacial score (nSPS) is 14.4. The summed E-state index contributed by atoms with van der Waals surface area (Å²) in [6, 6.07) is 15.8. The van der Waals surface area contributed by atoms with Crippen molar-refractivity contribution in [3.63, 3.8) is 0 Å². The van der Waals surface area contributed by atoms with E-state index in [0.29, 0.717) is 24.5 Å². The highest BCUT2D eigenvalue weighted by molar-refractivity contribution is 5.78. The molecule has 1 N–H and O–H groups in total. The highest BCUT2D eigenvalue weighted by Gasteiger charge is 2.15. The number of rotatable bonds is 11. The number of likely N-dealkylation sites (N-methyl/N-ethyl adjacent to an activating group) is 1. The van der Waals surface area contributed by atoms with E-state index in [1.54, 1.807) is 18.3 Å². The molecule has 4 rings (SSSR count). The fraction of sp³-hybridized carbons (Fsp3) is 0.379. The first-order chi connectivity index (χ1) is 18.0. The van der Waals surface area contributed by atoms with Gasteiger partial charge in [-0.3, -0.25) is 14.7 Å². The van der Waals surface area contributed by atoms with Gasteiger partial charge in [-0.05, 0) is 49.9 Å². The molecule has 1 aliphatic rings. The number of piperazine rings is 1. The summed E-state index contributed by atoms with van der Waals surface area (Å²) in [4.78, 5) is 21.6. The van der Waals surface area contributed by atoms with Crippen LogP contribution >= 0.6 is 0 Å². The number of nitrogens with zero attached hydrogens (tertiary/aromatic N) is 3. The molecule has 1 amide bonds. The summed E-state index contributed by atoms with van der Waals surface area (Å²) in [6.07, 6.45) is 1.91. The van der Waals surface area contributed by atoms with Gasteiger partial charge in [0.1, 0.15) is 23.9 Å². The molecule has 1 fully saturated rings. The third-order valence-corrected chi connectivity index (χ3v) is 6.38. The van der Waals surface area contributed by atoms with Crippen molar-refractivity contribution in [1.82, 2.24) is 20.1 Å². The second-order valence-corrected chi connectivity index (χ2v) is 9.21. The van der Waals surface area contributed by atoms with Crippen LogP contribution in [0.1, 0.15) is 18.2 Å². The Hall–Kier alpha value is -3.49. The van der Waals surface area contributed by atoms with Gasteiger partial charge < -0.3 is 19.7 Å². The van der Waals surface area contributed by atoms with Gasteiger partial charge in [0.15, 0.2) is 0 Å². The van der Waals surface area contributed by atoms with Crippen molar-refractivity contribution in [2.45, 2.75) is 19.9 Å². The first-order valence-corrected chi connectivity index (χ1v) is 12.8. The number of nitrogens with one attached hydrogen (secondary N) is 1. The summed E-state index contributed by atoms with van der Waals surface area (Å²) in [6.45, 7) is 8.51. The number of carbonyl (C=O) groups is 1. The summed E-state index contributed by atoms with van der Waals surface area (Å²) in [5.74, 6) is 1.03. The lowest BCUT2D eigenvalue weighted by atomic mass is 10.1. The lowest BCUT2D eigenvalue weighted by molar-refractivity contribution is -0.120. The van der Waals surface area contributed by atoms with Crippen LogP contribution in [0.25, 0.3) is 11.1 Å². The van der Waals surface area contributed by atoms with Crippen LogP contribution in [0.4, 0.5) is 4.39 Å². The van der Waals surface area contributed by atoms with Crippen LogP contribution in [0.15, 0.2) is 60.8 Å². The Morgan fingerprint density at radius 3 is 2.62 bits per heavy atom. The third-order valence-electron chi connectivity index (χ3n) is 6.38. The number of carbonyl (C=O) groups excluding carboxylic acids is 1. The van der Waals surface area contributed by atoms with Gasteiger partial charge in [-0.2, -0.15) is 0 Å². The molecule has 37 heavy (non-hydrogen) atoms. The molecule has 2 aromatic carbocycles. The molecule has 0 aliphatic carbocycles. The number of aromatic nitrogens is 1. The molecule has 1 aromatic heterocycles. The van der Waals surface area contributed by atoms with Crippen molar-refractivity contribution >= 4 is 5.91 Å². The van der Waals surface area contributed by atoms with E-state index in [4.69, 9.17) is 9.47 Å². The summed E-state index contributed by atoms with van der Waals surface area (Å²) in [5.41, 5.74) is 3.20. The first-order valence-electron chi connectivity index (χ1n) is 12.8. The summed E-state index contributed by atoms with van der Waals surface area (Å²) in [7, 11) is 2.15. The van der Waals surface area contributed by atoms with Gasteiger partial charge in [-0.1, -0.05) is 18.2 Å². The summed E-state index contributed by atoms with van der Waals surface area (Å²) in [5, 5.41) is 2.81. The fourth-order valence-corrected chi connectivity index (χ4v) is 4.24. The number of ether oxygens (including phenoxy) is 2. The minimum absolute atomic E-state index is 0.146. The van der Waals surface area contributed by atoms with E-state index >= 15 is 0 Å². The topological polar surface area (TPSA) is 66.9 Å². The van der Waals surface area contributed by atoms with Crippen molar-refractivity contribution in [2.24, 2.45) is 0 Å². The van der Waals surface area contributed by atoms with Crippen LogP contribution in [0, 0.1) is 5.82 Å². The maximum absolute atomic E-state index is 13.3. The second-order valence-electron chi connectivity index (χ2n) is 9.21. The SMILES string of the molecule is CCOc1ccc(-c2ccc(CC(=O)NCc3cccc(F)c3)nc2)c(OCCN2CCN(C)CC2)c1. The van der Waals surface area contributed by atoms with Crippen LogP contribution in [0.3, 0.4) is 0 Å². The van der Waals surface area contributed by atoms with Gasteiger partial charge in [-0.15, -0.1) is 0 Å². The molecule has 0 bridgehead atoms. The van der Waals surface area contributed by atoms with E-state index in [1.165, 1.54) is 12.1 Å². The zero-order valence-electron chi connectivity index (χ0n) is 21.6. The molecule has 0 spiro atoms. The fourth-order valence-electron chi connectivity index (χ4n) is 4.24. The summed E-state index contributed by atoms with van der Waals surface area (Å²) >= 11 is 0. The van der Waals surface area contributed by atoms with E-state index in [2.05, 4.69) is 27.1 Å². The number of benzene rings is 2. The molecule has 7 nitrogen and oxygen atoms in total. The Morgan fingerprint density at radius 1 is 1.05 bits per heavy atom. The number of hydrogen-bond acceptors (Lipinski definition) is 6. The van der Waals surface area contributed by atoms with Crippen molar-refractivity contribution in [3.8, 4) is 22.6 Å². The van der Waals surface area contributed by atoms with Gasteiger partial charge in [0.25, 0.3) is 0 Å². The average molecular weight is 507 g/mol. The summed E-state index contributed by atoms with van der Waals surface area (Å²) < 4.78 is 25.3. The zero-order chi connectivity index (χ0) is 26.0. The van der Waals surface area contributed by atoms with Gasteiger partial charge in [-0.25, -0.2) is 4.39 Å². The molecule has 3 aromatic rings. The highest BCUT2D eigenvalue weighted by Crippen LogP contribution is 2.33. The predicted octanol–water partition coefficient (Wildman–Crippen LogP) is 3.77. The van der Waals surface area contributed by atoms with Gasteiger partial charge >= 0.3 is 0 Å². The molecular weight excluding hydrogens is 471 g/mol. The highest BCUT2D eigenvalue weighted by atomic mass is 19.1. The molecule has 0 saturated carbocycles. The van der Waals surface area contributed by atoms with E-state index < -0.39 is 0 Å². The molecule has 0 atom stereocenters. The second kappa shape index (κ2) is 13.2. The lowest BCUT2D eigenvalue weighted by Crippen LogP contribution is -2.45. The lowest BCUT2D eigenvalue weighted by Gasteiger charge is -2.32. The molecule has 196 valence electrons. The largest absolute Gasteiger partial charge is 0.494 e. The average Bonchev–Trinajstić information content (AvgIpc) is 2.90. The number of hydrogen-bond donors (Lipinski definition) is 1. The minimum Gasteiger partial charge on any atom is -0.494 e. The van der Waals surface area contributed by atoms with Crippen molar-refractivity contribution in [1.29, 1.82) is 0 Å². The van der Waals surface area contributed by atoms with Gasteiger partial charge in [0.05, 0.1) is 13.0 Å². The van der Waals surface area contributed by atoms with E-state index in [0.717, 1.165) is 55.3 Å². The number of amides is 1. The third kappa shape index (κ3) is 8.00. The molecule has 0 radical (unpaired) electrons. The molecule has 0 unspecified atom stereocenters. The maximum atomic E-state index is 13.3. The first kappa shape index (κ1) is 26.6. The standard InChI is InChI=1S/C29H35FN4O3/c1-3-36-26-9-10-27(28(19-26)37-16-15-34-13-11-33(2)12-14-34)23-7-8-25(31-21-23)18-29(35)32-20-22-5-4-6-24(30)17-22/h4-10,17,19,21H,3,11-16,18,20H2,1-2H3,(H,32,35). The van der Waals surface area contributed by atoms with Crippen LogP contribution in [0.2, 0.25) is 0 Å². The molecule has 1 saturated heterocycles. The van der Waals surface area contributed by atoms with Crippen molar-refractivity contribution in [2.75, 3.05) is 53.0 Å². The van der Waals surface area contributed by atoms with E-state index in [9.17, 15) is 9.18 Å². The van der Waals surface area contributed by atoms with Gasteiger partial charge in [0, 0.05) is 68.4 Å².